The molecule has 0 aromatic rings. The molecular weight excluding hydrogens is 252 g/mol. The summed E-state index contributed by atoms with van der Waals surface area (Å²) in [4.78, 5) is 23.8. The van der Waals surface area contributed by atoms with Gasteiger partial charge in [0, 0.05) is 18.3 Å². The lowest BCUT2D eigenvalue weighted by Crippen LogP contribution is -2.68. The largest absolute Gasteiger partial charge is 0.462 e. The molecular formula is C17H24O3. The molecule has 0 radical (unpaired) electrons. The molecule has 4 aliphatic carbocycles. The van der Waals surface area contributed by atoms with Crippen LogP contribution in [0, 0.1) is 34.5 Å². The number of hydrogen-bond donors (Lipinski definition) is 0. The van der Waals surface area contributed by atoms with Gasteiger partial charge in [-0.05, 0) is 35.7 Å². The predicted molar refractivity (Wildman–Crippen MR) is 75.8 cm³/mol. The fourth-order valence-corrected chi connectivity index (χ4v) is 5.45. The summed E-state index contributed by atoms with van der Waals surface area (Å²) in [6, 6.07) is 0. The van der Waals surface area contributed by atoms with Gasteiger partial charge in [0.1, 0.15) is 6.10 Å². The van der Waals surface area contributed by atoms with E-state index in [1.54, 1.807) is 6.08 Å². The predicted octanol–water partition coefficient (Wildman–Crippen LogP) is 2.99. The third kappa shape index (κ3) is 1.52. The van der Waals surface area contributed by atoms with Gasteiger partial charge < -0.3 is 4.74 Å². The zero-order valence-corrected chi connectivity index (χ0v) is 13.0. The number of ether oxygens (including phenoxy) is 1. The van der Waals surface area contributed by atoms with Crippen molar-refractivity contribution in [3.63, 3.8) is 0 Å². The van der Waals surface area contributed by atoms with Gasteiger partial charge in [-0.3, -0.25) is 9.59 Å². The van der Waals surface area contributed by atoms with Crippen molar-refractivity contribution in [3.05, 3.63) is 12.2 Å². The minimum Gasteiger partial charge on any atom is -0.462 e. The number of hydrogen-bond acceptors (Lipinski definition) is 3. The minimum absolute atomic E-state index is 0.00583. The van der Waals surface area contributed by atoms with Crippen LogP contribution in [0.5, 0.6) is 0 Å². The Morgan fingerprint density at radius 3 is 2.50 bits per heavy atom. The summed E-state index contributed by atoms with van der Waals surface area (Å²) >= 11 is 0. The summed E-state index contributed by atoms with van der Waals surface area (Å²) in [7, 11) is 0. The molecule has 3 saturated carbocycles. The van der Waals surface area contributed by atoms with E-state index in [2.05, 4.69) is 33.8 Å². The third-order valence-corrected chi connectivity index (χ3v) is 6.21. The Balaban J connectivity index is 2.05. The first kappa shape index (κ1) is 13.8. The summed E-state index contributed by atoms with van der Waals surface area (Å²) in [5.41, 5.74) is -0.346. The van der Waals surface area contributed by atoms with Crippen LogP contribution in [0.3, 0.4) is 0 Å². The van der Waals surface area contributed by atoms with Crippen molar-refractivity contribution in [1.29, 1.82) is 0 Å². The Bertz CT molecular complexity index is 504. The molecule has 4 bridgehead atoms. The van der Waals surface area contributed by atoms with E-state index >= 15 is 0 Å². The summed E-state index contributed by atoms with van der Waals surface area (Å²) in [6.45, 7) is 10.1. The summed E-state index contributed by atoms with van der Waals surface area (Å²) in [5, 5.41) is 0. The van der Waals surface area contributed by atoms with Crippen LogP contribution in [0.1, 0.15) is 41.0 Å². The van der Waals surface area contributed by atoms with E-state index in [1.807, 2.05) is 0 Å². The number of rotatable bonds is 1. The van der Waals surface area contributed by atoms with E-state index in [0.717, 1.165) is 6.42 Å². The van der Waals surface area contributed by atoms with E-state index in [9.17, 15) is 9.59 Å². The molecule has 4 aliphatic rings. The van der Waals surface area contributed by atoms with Crippen molar-refractivity contribution in [2.75, 3.05) is 0 Å². The van der Waals surface area contributed by atoms with Crippen molar-refractivity contribution in [1.82, 2.24) is 0 Å². The van der Waals surface area contributed by atoms with Crippen molar-refractivity contribution >= 4 is 11.8 Å². The van der Waals surface area contributed by atoms with Crippen molar-refractivity contribution in [3.8, 4) is 0 Å². The van der Waals surface area contributed by atoms with Gasteiger partial charge in [-0.2, -0.15) is 0 Å². The molecule has 0 saturated heterocycles. The first-order valence-corrected chi connectivity index (χ1v) is 7.60. The van der Waals surface area contributed by atoms with E-state index in [0.29, 0.717) is 17.8 Å². The Morgan fingerprint density at radius 1 is 1.25 bits per heavy atom. The molecule has 0 spiro atoms. The number of fused-ring (bicyclic) bond motifs is 2. The van der Waals surface area contributed by atoms with Gasteiger partial charge in [-0.1, -0.05) is 33.8 Å². The number of carbonyl (C=O) groups excluding carboxylic acids is 2. The zero-order valence-electron chi connectivity index (χ0n) is 13.0. The normalized spacial score (nSPS) is 48.2. The first-order chi connectivity index (χ1) is 9.19. The molecule has 3 fully saturated rings. The van der Waals surface area contributed by atoms with Crippen molar-refractivity contribution in [2.24, 2.45) is 34.5 Å². The Kier molecular flexibility index (Phi) is 2.74. The van der Waals surface area contributed by atoms with Crippen molar-refractivity contribution < 1.29 is 14.3 Å². The first-order valence-electron chi connectivity index (χ1n) is 7.60. The molecule has 6 atom stereocenters. The van der Waals surface area contributed by atoms with E-state index in [4.69, 9.17) is 4.74 Å². The maximum atomic E-state index is 12.4. The van der Waals surface area contributed by atoms with Crippen LogP contribution >= 0.6 is 0 Å². The second-order valence-corrected chi connectivity index (χ2v) is 7.72. The van der Waals surface area contributed by atoms with Crippen LogP contribution in [0.15, 0.2) is 12.2 Å². The van der Waals surface area contributed by atoms with Crippen LogP contribution in [0.4, 0.5) is 0 Å². The third-order valence-electron chi connectivity index (χ3n) is 6.21. The standard InChI is InChI=1S/C17H24O3/c1-9-8-11(20-10(2)18)14-15-13(9)17(14,5)7-6-12(19)16(15,3)4/h6-7,9,11,13-15H,8H2,1-5H3/t9-,11+,13-,14+,15+,17+/m0/s1. The molecule has 0 N–H and O–H groups in total. The van der Waals surface area contributed by atoms with Crippen LogP contribution in [-0.2, 0) is 14.3 Å². The lowest BCUT2D eigenvalue weighted by Gasteiger charge is -2.69. The van der Waals surface area contributed by atoms with Gasteiger partial charge in [0.15, 0.2) is 5.78 Å². The zero-order chi connectivity index (χ0) is 14.9. The average Bonchev–Trinajstić information content (AvgIpc) is 2.43. The van der Waals surface area contributed by atoms with Gasteiger partial charge in [0.2, 0.25) is 0 Å². The summed E-state index contributed by atoms with van der Waals surface area (Å²) in [6.07, 6.45) is 4.76. The topological polar surface area (TPSA) is 43.4 Å². The molecule has 110 valence electrons. The quantitative estimate of drug-likeness (QED) is 0.691. The van der Waals surface area contributed by atoms with Crippen LogP contribution < -0.4 is 0 Å². The second-order valence-electron chi connectivity index (χ2n) is 7.72. The van der Waals surface area contributed by atoms with E-state index in [1.165, 1.54) is 6.92 Å². The van der Waals surface area contributed by atoms with Gasteiger partial charge in [-0.25, -0.2) is 0 Å². The smallest absolute Gasteiger partial charge is 0.302 e. The maximum absolute atomic E-state index is 12.4. The van der Waals surface area contributed by atoms with Gasteiger partial charge in [0.05, 0.1) is 0 Å². The molecule has 0 aromatic carbocycles. The minimum atomic E-state index is -0.352. The highest BCUT2D eigenvalue weighted by Gasteiger charge is 2.71. The average molecular weight is 276 g/mol. The number of ketones is 1. The Morgan fingerprint density at radius 2 is 1.90 bits per heavy atom. The molecule has 20 heavy (non-hydrogen) atoms. The molecule has 0 amide bonds. The van der Waals surface area contributed by atoms with Crippen molar-refractivity contribution in [2.45, 2.75) is 47.1 Å². The van der Waals surface area contributed by atoms with Crippen LogP contribution in [-0.4, -0.2) is 17.9 Å². The number of carbonyl (C=O) groups is 2. The number of allylic oxidation sites excluding steroid dienone is 2. The second kappa shape index (κ2) is 3.96. The summed E-state index contributed by atoms with van der Waals surface area (Å²) < 4.78 is 5.61. The lowest BCUT2D eigenvalue weighted by atomic mass is 9.35. The van der Waals surface area contributed by atoms with E-state index in [-0.39, 0.29) is 34.6 Å². The molecule has 3 heteroatoms. The number of esters is 1. The SMILES string of the molecule is CC(=O)O[C@@H]1C[C@H](C)[C@H]2[C@@H]3[C@@H]1[C@]2(C)C=CC(=O)C3(C)C. The van der Waals surface area contributed by atoms with Gasteiger partial charge in [-0.15, -0.1) is 0 Å². The Labute approximate surface area is 120 Å². The fourth-order valence-electron chi connectivity index (χ4n) is 5.45. The van der Waals surface area contributed by atoms with Gasteiger partial charge >= 0.3 is 5.97 Å². The monoisotopic (exact) mass is 276 g/mol. The van der Waals surface area contributed by atoms with E-state index < -0.39 is 0 Å². The van der Waals surface area contributed by atoms with Crippen LogP contribution in [0.25, 0.3) is 0 Å². The molecule has 0 heterocycles. The highest BCUT2D eigenvalue weighted by atomic mass is 16.5. The molecule has 0 aliphatic heterocycles. The fraction of sp³-hybridized carbons (Fsp3) is 0.765. The summed E-state index contributed by atoms with van der Waals surface area (Å²) in [5.74, 6) is 1.62. The molecule has 0 unspecified atom stereocenters. The molecule has 3 nitrogen and oxygen atoms in total. The highest BCUT2D eigenvalue weighted by Crippen LogP contribution is 2.71. The maximum Gasteiger partial charge on any atom is 0.302 e. The highest BCUT2D eigenvalue weighted by molar-refractivity contribution is 5.95. The van der Waals surface area contributed by atoms with Crippen LogP contribution in [0.2, 0.25) is 0 Å². The Hall–Kier alpha value is -1.12. The lowest BCUT2D eigenvalue weighted by molar-refractivity contribution is -0.240. The molecule has 0 aromatic heterocycles. The molecule has 4 rings (SSSR count). The van der Waals surface area contributed by atoms with Gasteiger partial charge in [0.25, 0.3) is 0 Å².